The third-order valence-electron chi connectivity index (χ3n) is 7.64. The quantitative estimate of drug-likeness (QED) is 0.252. The maximum absolute atomic E-state index is 13.0. The lowest BCUT2D eigenvalue weighted by Gasteiger charge is -2.32. The Hall–Kier alpha value is -3.14. The van der Waals surface area contributed by atoms with Crippen LogP contribution in [0.15, 0.2) is 42.5 Å². The minimum Gasteiger partial charge on any atom is -0.497 e. The number of ketones is 1. The number of Topliss-reactive ketones (excluding diaryl/α,β-unsaturated/α-hetero) is 1. The predicted molar refractivity (Wildman–Crippen MR) is 151 cm³/mol. The number of ether oxygens (including phenoxy) is 4. The number of nitrogens with one attached hydrogen (secondary N) is 1. The van der Waals surface area contributed by atoms with Gasteiger partial charge in [0.05, 0.1) is 19.8 Å². The lowest BCUT2D eigenvalue weighted by atomic mass is 10.00. The first-order valence-electron chi connectivity index (χ1n) is 14.3. The number of hydrogen-bond acceptors (Lipinski definition) is 8. The minimum atomic E-state index is -0.911. The number of aliphatic hydroxyl groups excluding tert-OH is 1. The van der Waals surface area contributed by atoms with E-state index in [0.717, 1.165) is 31.6 Å². The SMILES string of the molecule is COC[C@H]1CCCN1C[C@@H](NC(=O)CCCCCC(=O)c1ccc(OC)cc1)[C@H](O)c1ccc2c(c1)OCCO2. The van der Waals surface area contributed by atoms with Crippen molar-refractivity contribution >= 4 is 11.7 Å². The first kappa shape index (κ1) is 29.8. The van der Waals surface area contributed by atoms with Crippen molar-refractivity contribution < 1.29 is 33.6 Å². The van der Waals surface area contributed by atoms with Crippen LogP contribution in [0.3, 0.4) is 0 Å². The number of methoxy groups -OCH3 is 2. The summed E-state index contributed by atoms with van der Waals surface area (Å²) in [5.41, 5.74) is 1.34. The van der Waals surface area contributed by atoms with E-state index in [0.29, 0.717) is 74.7 Å². The summed E-state index contributed by atoms with van der Waals surface area (Å²) < 4.78 is 21.9. The fourth-order valence-corrected chi connectivity index (χ4v) is 5.42. The van der Waals surface area contributed by atoms with E-state index in [9.17, 15) is 14.7 Å². The molecular formula is C31H42N2O7. The monoisotopic (exact) mass is 554 g/mol. The Bertz CT molecular complexity index is 1110. The fourth-order valence-electron chi connectivity index (χ4n) is 5.42. The van der Waals surface area contributed by atoms with E-state index in [1.807, 2.05) is 12.1 Å². The van der Waals surface area contributed by atoms with Crippen molar-refractivity contribution in [2.45, 2.75) is 63.1 Å². The highest BCUT2D eigenvalue weighted by molar-refractivity contribution is 5.96. The molecule has 218 valence electrons. The lowest BCUT2D eigenvalue weighted by Crippen LogP contribution is -2.49. The summed E-state index contributed by atoms with van der Waals surface area (Å²) in [6.45, 7) is 3.00. The molecule has 2 aliphatic rings. The number of carbonyl (C=O) groups is 2. The van der Waals surface area contributed by atoms with Gasteiger partial charge in [-0.25, -0.2) is 0 Å². The van der Waals surface area contributed by atoms with Gasteiger partial charge in [-0.15, -0.1) is 0 Å². The minimum absolute atomic E-state index is 0.0888. The van der Waals surface area contributed by atoms with Gasteiger partial charge in [-0.05, 0) is 74.2 Å². The topological polar surface area (TPSA) is 107 Å². The molecule has 40 heavy (non-hydrogen) atoms. The summed E-state index contributed by atoms with van der Waals surface area (Å²) in [6, 6.07) is 12.3. The first-order chi connectivity index (χ1) is 19.5. The van der Waals surface area contributed by atoms with E-state index in [1.54, 1.807) is 44.6 Å². The van der Waals surface area contributed by atoms with E-state index >= 15 is 0 Å². The van der Waals surface area contributed by atoms with Crippen molar-refractivity contribution in [3.05, 3.63) is 53.6 Å². The number of fused-ring (bicyclic) bond motifs is 1. The number of aliphatic hydroxyl groups is 1. The Morgan fingerprint density at radius 3 is 2.52 bits per heavy atom. The maximum Gasteiger partial charge on any atom is 0.220 e. The van der Waals surface area contributed by atoms with E-state index in [2.05, 4.69) is 10.2 Å². The highest BCUT2D eigenvalue weighted by atomic mass is 16.6. The van der Waals surface area contributed by atoms with Crippen LogP contribution in [-0.2, 0) is 9.53 Å². The van der Waals surface area contributed by atoms with Crippen molar-refractivity contribution in [3.63, 3.8) is 0 Å². The average molecular weight is 555 g/mol. The van der Waals surface area contributed by atoms with Gasteiger partial charge in [-0.1, -0.05) is 12.5 Å². The third-order valence-corrected chi connectivity index (χ3v) is 7.64. The average Bonchev–Trinajstić information content (AvgIpc) is 3.42. The summed E-state index contributed by atoms with van der Waals surface area (Å²) in [5.74, 6) is 1.97. The van der Waals surface area contributed by atoms with Gasteiger partial charge in [0.25, 0.3) is 0 Å². The van der Waals surface area contributed by atoms with Crippen molar-refractivity contribution in [2.24, 2.45) is 0 Å². The number of unbranched alkanes of at least 4 members (excludes halogenated alkanes) is 2. The zero-order chi connectivity index (χ0) is 28.3. The standard InChI is InChI=1S/C31H42N2O7/c1-37-21-24-7-6-16-33(24)20-26(31(36)23-12-15-28-29(19-23)40-18-17-39-28)32-30(35)9-5-3-4-8-27(34)22-10-13-25(38-2)14-11-22/h10-15,19,24,26,31,36H,3-9,16-18,20-21H2,1-2H3,(H,32,35)/t24-,26-,31-/m1/s1. The molecule has 2 heterocycles. The zero-order valence-corrected chi connectivity index (χ0v) is 23.6. The molecule has 2 aromatic rings. The molecule has 0 unspecified atom stereocenters. The number of likely N-dealkylation sites (tertiary alicyclic amines) is 1. The zero-order valence-electron chi connectivity index (χ0n) is 23.6. The first-order valence-corrected chi connectivity index (χ1v) is 14.3. The Morgan fingerprint density at radius 2 is 1.77 bits per heavy atom. The number of amides is 1. The van der Waals surface area contributed by atoms with Gasteiger partial charge in [0, 0.05) is 38.1 Å². The van der Waals surface area contributed by atoms with Crippen molar-refractivity contribution in [2.75, 3.05) is 47.1 Å². The van der Waals surface area contributed by atoms with Crippen LogP contribution in [0, 0.1) is 0 Å². The number of rotatable bonds is 15. The molecule has 0 bridgehead atoms. The molecule has 2 aliphatic heterocycles. The lowest BCUT2D eigenvalue weighted by molar-refractivity contribution is -0.123. The van der Waals surface area contributed by atoms with Crippen LogP contribution in [0.4, 0.5) is 0 Å². The van der Waals surface area contributed by atoms with Crippen molar-refractivity contribution in [1.82, 2.24) is 10.2 Å². The second-order valence-corrected chi connectivity index (χ2v) is 10.5. The van der Waals surface area contributed by atoms with Gasteiger partial charge >= 0.3 is 0 Å². The van der Waals surface area contributed by atoms with E-state index in [-0.39, 0.29) is 17.7 Å². The molecule has 2 aromatic carbocycles. The van der Waals surface area contributed by atoms with Crippen molar-refractivity contribution in [1.29, 1.82) is 0 Å². The molecule has 0 saturated carbocycles. The van der Waals surface area contributed by atoms with Gasteiger partial charge in [0.1, 0.15) is 25.1 Å². The maximum atomic E-state index is 13.0. The van der Waals surface area contributed by atoms with Gasteiger partial charge in [-0.2, -0.15) is 0 Å². The van der Waals surface area contributed by atoms with Crippen LogP contribution in [-0.4, -0.2) is 80.9 Å². The molecule has 1 fully saturated rings. The summed E-state index contributed by atoms with van der Waals surface area (Å²) in [7, 11) is 3.29. The molecule has 9 heteroatoms. The largest absolute Gasteiger partial charge is 0.497 e. The van der Waals surface area contributed by atoms with Gasteiger partial charge in [0.2, 0.25) is 5.91 Å². The van der Waals surface area contributed by atoms with E-state index in [4.69, 9.17) is 18.9 Å². The summed E-state index contributed by atoms with van der Waals surface area (Å²) in [6.07, 6.45) is 4.11. The van der Waals surface area contributed by atoms with Gasteiger partial charge in [-0.3, -0.25) is 14.5 Å². The Balaban J connectivity index is 1.30. The summed E-state index contributed by atoms with van der Waals surface area (Å²) in [4.78, 5) is 27.7. The normalized spacial score (nSPS) is 18.2. The molecule has 1 saturated heterocycles. The summed E-state index contributed by atoms with van der Waals surface area (Å²) >= 11 is 0. The Morgan fingerprint density at radius 1 is 1.02 bits per heavy atom. The molecule has 3 atom stereocenters. The number of nitrogens with zero attached hydrogens (tertiary/aromatic N) is 1. The van der Waals surface area contributed by atoms with Crippen LogP contribution < -0.4 is 19.5 Å². The number of carbonyl (C=O) groups excluding carboxylic acids is 2. The van der Waals surface area contributed by atoms with Gasteiger partial charge in [0.15, 0.2) is 17.3 Å². The van der Waals surface area contributed by atoms with Crippen molar-refractivity contribution in [3.8, 4) is 17.2 Å². The Kier molecular flexibility index (Phi) is 11.2. The van der Waals surface area contributed by atoms with Crippen LogP contribution >= 0.6 is 0 Å². The van der Waals surface area contributed by atoms with Crippen LogP contribution in [0.2, 0.25) is 0 Å². The predicted octanol–water partition coefficient (Wildman–Crippen LogP) is 3.93. The number of hydrogen-bond donors (Lipinski definition) is 2. The molecule has 0 spiro atoms. The molecule has 1 amide bonds. The van der Waals surface area contributed by atoms with E-state index in [1.165, 1.54) is 0 Å². The summed E-state index contributed by atoms with van der Waals surface area (Å²) in [5, 5.41) is 14.5. The highest BCUT2D eigenvalue weighted by Gasteiger charge is 2.31. The molecule has 9 nitrogen and oxygen atoms in total. The third kappa shape index (κ3) is 8.19. The number of benzene rings is 2. The van der Waals surface area contributed by atoms with Gasteiger partial charge < -0.3 is 29.4 Å². The second kappa shape index (κ2) is 15.0. The molecule has 0 aromatic heterocycles. The smallest absolute Gasteiger partial charge is 0.220 e. The van der Waals surface area contributed by atoms with Crippen LogP contribution in [0.1, 0.15) is 67.0 Å². The molecular weight excluding hydrogens is 512 g/mol. The highest BCUT2D eigenvalue weighted by Crippen LogP contribution is 2.34. The van der Waals surface area contributed by atoms with Crippen LogP contribution in [0.25, 0.3) is 0 Å². The van der Waals surface area contributed by atoms with Crippen LogP contribution in [0.5, 0.6) is 17.2 Å². The molecule has 4 rings (SSSR count). The molecule has 0 aliphatic carbocycles. The van der Waals surface area contributed by atoms with E-state index < -0.39 is 12.1 Å². The molecule has 0 radical (unpaired) electrons. The Labute approximate surface area is 236 Å². The molecule has 2 N–H and O–H groups in total. The second-order valence-electron chi connectivity index (χ2n) is 10.5. The fraction of sp³-hybridized carbons (Fsp3) is 0.548.